The van der Waals surface area contributed by atoms with E-state index in [2.05, 4.69) is 48.5 Å². The van der Waals surface area contributed by atoms with E-state index in [1.54, 1.807) is 0 Å². The van der Waals surface area contributed by atoms with Crippen LogP contribution in [0.15, 0.2) is 15.6 Å². The SMILES string of the molecule is CCNC(=NCc1cc(CC)no1)NC(C)CC.I. The van der Waals surface area contributed by atoms with E-state index in [9.17, 15) is 0 Å². The summed E-state index contributed by atoms with van der Waals surface area (Å²) in [5.74, 6) is 1.62. The van der Waals surface area contributed by atoms with E-state index in [4.69, 9.17) is 4.52 Å². The molecule has 110 valence electrons. The van der Waals surface area contributed by atoms with Gasteiger partial charge < -0.3 is 15.2 Å². The van der Waals surface area contributed by atoms with Crippen molar-refractivity contribution in [1.29, 1.82) is 0 Å². The maximum atomic E-state index is 5.20. The van der Waals surface area contributed by atoms with Crippen LogP contribution >= 0.6 is 24.0 Å². The highest BCUT2D eigenvalue weighted by atomic mass is 127. The molecule has 6 heteroatoms. The molecule has 1 unspecified atom stereocenters. The van der Waals surface area contributed by atoms with Crippen LogP contribution in [0.2, 0.25) is 0 Å². The van der Waals surface area contributed by atoms with Crippen molar-refractivity contribution in [2.45, 2.75) is 53.1 Å². The second kappa shape index (κ2) is 10.1. The summed E-state index contributed by atoms with van der Waals surface area (Å²) in [6, 6.07) is 2.36. The van der Waals surface area contributed by atoms with E-state index >= 15 is 0 Å². The van der Waals surface area contributed by atoms with Crippen molar-refractivity contribution in [3.63, 3.8) is 0 Å². The predicted molar refractivity (Wildman–Crippen MR) is 89.0 cm³/mol. The van der Waals surface area contributed by atoms with Crippen LogP contribution in [0.25, 0.3) is 0 Å². The second-order valence-corrected chi connectivity index (χ2v) is 4.29. The first-order valence-corrected chi connectivity index (χ1v) is 6.68. The Balaban J connectivity index is 0.00000324. The van der Waals surface area contributed by atoms with Gasteiger partial charge in [-0.2, -0.15) is 0 Å². The Bertz CT molecular complexity index is 378. The van der Waals surface area contributed by atoms with Crippen LogP contribution < -0.4 is 10.6 Å². The Kier molecular flexibility index (Phi) is 9.63. The van der Waals surface area contributed by atoms with E-state index in [-0.39, 0.29) is 24.0 Å². The van der Waals surface area contributed by atoms with Crippen molar-refractivity contribution in [1.82, 2.24) is 15.8 Å². The molecule has 5 nitrogen and oxygen atoms in total. The zero-order chi connectivity index (χ0) is 13.4. The topological polar surface area (TPSA) is 62.5 Å². The van der Waals surface area contributed by atoms with Crippen LogP contribution in [-0.4, -0.2) is 23.7 Å². The molecular weight excluding hydrogens is 355 g/mol. The summed E-state index contributed by atoms with van der Waals surface area (Å²) in [4.78, 5) is 4.48. The van der Waals surface area contributed by atoms with Crippen LogP contribution in [0.3, 0.4) is 0 Å². The van der Waals surface area contributed by atoms with Crippen molar-refractivity contribution >= 4 is 29.9 Å². The standard InChI is InChI=1S/C13H24N4O.HI/c1-5-10(4)16-13(14-7-3)15-9-12-8-11(6-2)17-18-12;/h8,10H,5-7,9H2,1-4H3,(H2,14,15,16);1H. The number of guanidine groups is 1. The third-order valence-corrected chi connectivity index (χ3v) is 2.70. The molecule has 0 aliphatic carbocycles. The number of hydrogen-bond acceptors (Lipinski definition) is 3. The molecule has 2 N–H and O–H groups in total. The Morgan fingerprint density at radius 2 is 2.16 bits per heavy atom. The molecule has 1 atom stereocenters. The van der Waals surface area contributed by atoms with E-state index in [0.29, 0.717) is 12.6 Å². The number of aliphatic imine (C=N–C) groups is 1. The first kappa shape index (κ1) is 18.2. The van der Waals surface area contributed by atoms with Crippen molar-refractivity contribution in [2.24, 2.45) is 4.99 Å². The summed E-state index contributed by atoms with van der Waals surface area (Å²) in [6.45, 7) is 9.75. The van der Waals surface area contributed by atoms with Crippen LogP contribution in [0.4, 0.5) is 0 Å². The summed E-state index contributed by atoms with van der Waals surface area (Å²) >= 11 is 0. The highest BCUT2D eigenvalue weighted by Gasteiger charge is 2.04. The van der Waals surface area contributed by atoms with Gasteiger partial charge >= 0.3 is 0 Å². The lowest BCUT2D eigenvalue weighted by molar-refractivity contribution is 0.379. The van der Waals surface area contributed by atoms with Gasteiger partial charge in [0.15, 0.2) is 11.7 Å². The zero-order valence-electron chi connectivity index (χ0n) is 12.2. The van der Waals surface area contributed by atoms with E-state index in [0.717, 1.165) is 36.8 Å². The highest BCUT2D eigenvalue weighted by molar-refractivity contribution is 14.0. The number of rotatable bonds is 6. The number of aryl methyl sites for hydroxylation is 1. The molecule has 0 saturated heterocycles. The largest absolute Gasteiger partial charge is 0.359 e. The van der Waals surface area contributed by atoms with Crippen molar-refractivity contribution in [2.75, 3.05) is 6.54 Å². The first-order chi connectivity index (χ1) is 8.69. The second-order valence-electron chi connectivity index (χ2n) is 4.29. The molecule has 19 heavy (non-hydrogen) atoms. The number of nitrogens with one attached hydrogen (secondary N) is 2. The van der Waals surface area contributed by atoms with Gasteiger partial charge in [0, 0.05) is 18.7 Å². The normalized spacial score (nSPS) is 12.7. The number of nitrogens with zero attached hydrogens (tertiary/aromatic N) is 2. The molecule has 0 aromatic carbocycles. The fourth-order valence-electron chi connectivity index (χ4n) is 1.41. The minimum absolute atomic E-state index is 0. The Hall–Kier alpha value is -0.790. The molecule has 1 aromatic rings. The van der Waals surface area contributed by atoms with Gasteiger partial charge in [-0.3, -0.25) is 0 Å². The van der Waals surface area contributed by atoms with Crippen molar-refractivity contribution in [3.05, 3.63) is 17.5 Å². The van der Waals surface area contributed by atoms with Gasteiger partial charge in [-0.05, 0) is 26.7 Å². The lowest BCUT2D eigenvalue weighted by Crippen LogP contribution is -2.41. The fraction of sp³-hybridized carbons (Fsp3) is 0.692. The van der Waals surface area contributed by atoms with Gasteiger partial charge in [-0.25, -0.2) is 4.99 Å². The third-order valence-electron chi connectivity index (χ3n) is 2.70. The predicted octanol–water partition coefficient (Wildman–Crippen LogP) is 2.71. The lowest BCUT2D eigenvalue weighted by atomic mass is 10.3. The molecule has 0 fully saturated rings. The average Bonchev–Trinajstić information content (AvgIpc) is 2.84. The zero-order valence-corrected chi connectivity index (χ0v) is 14.5. The molecule has 1 aromatic heterocycles. The van der Waals surface area contributed by atoms with E-state index < -0.39 is 0 Å². The lowest BCUT2D eigenvalue weighted by Gasteiger charge is -2.15. The molecule has 0 amide bonds. The smallest absolute Gasteiger partial charge is 0.191 e. The van der Waals surface area contributed by atoms with Gasteiger partial charge in [-0.1, -0.05) is 19.0 Å². The Labute approximate surface area is 132 Å². The Morgan fingerprint density at radius 1 is 1.42 bits per heavy atom. The summed E-state index contributed by atoms with van der Waals surface area (Å²) < 4.78 is 5.20. The highest BCUT2D eigenvalue weighted by Crippen LogP contribution is 2.05. The van der Waals surface area contributed by atoms with E-state index in [1.165, 1.54) is 0 Å². The molecule has 0 aliphatic heterocycles. The van der Waals surface area contributed by atoms with Gasteiger partial charge in [0.1, 0.15) is 6.54 Å². The minimum atomic E-state index is 0. The van der Waals surface area contributed by atoms with Crippen molar-refractivity contribution < 1.29 is 4.52 Å². The fourth-order valence-corrected chi connectivity index (χ4v) is 1.41. The molecule has 1 rings (SSSR count). The summed E-state index contributed by atoms with van der Waals surface area (Å²) in [5, 5.41) is 10.5. The molecule has 0 spiro atoms. The molecule has 1 heterocycles. The number of hydrogen-bond donors (Lipinski definition) is 2. The van der Waals surface area contributed by atoms with Crippen LogP contribution in [0.5, 0.6) is 0 Å². The van der Waals surface area contributed by atoms with Crippen LogP contribution in [-0.2, 0) is 13.0 Å². The quantitative estimate of drug-likeness (QED) is 0.453. The molecule has 0 aliphatic rings. The maximum Gasteiger partial charge on any atom is 0.191 e. The average molecular weight is 380 g/mol. The molecule has 0 bridgehead atoms. The number of aromatic nitrogens is 1. The summed E-state index contributed by atoms with van der Waals surface area (Å²) in [6.07, 6.45) is 1.95. The first-order valence-electron chi connectivity index (χ1n) is 6.68. The summed E-state index contributed by atoms with van der Waals surface area (Å²) in [5.41, 5.74) is 0.972. The van der Waals surface area contributed by atoms with Gasteiger partial charge in [-0.15, -0.1) is 24.0 Å². The maximum absolute atomic E-state index is 5.20. The van der Waals surface area contributed by atoms with Gasteiger partial charge in [0.2, 0.25) is 0 Å². The van der Waals surface area contributed by atoms with Gasteiger partial charge in [0.05, 0.1) is 5.69 Å². The number of halogens is 1. The molecular formula is C13H25IN4O. The van der Waals surface area contributed by atoms with Crippen LogP contribution in [0, 0.1) is 0 Å². The minimum Gasteiger partial charge on any atom is -0.359 e. The summed E-state index contributed by atoms with van der Waals surface area (Å²) in [7, 11) is 0. The van der Waals surface area contributed by atoms with Gasteiger partial charge in [0.25, 0.3) is 0 Å². The molecule has 0 radical (unpaired) electrons. The Morgan fingerprint density at radius 3 is 2.68 bits per heavy atom. The molecule has 0 saturated carbocycles. The van der Waals surface area contributed by atoms with Crippen molar-refractivity contribution in [3.8, 4) is 0 Å². The third kappa shape index (κ3) is 6.79. The monoisotopic (exact) mass is 380 g/mol. The van der Waals surface area contributed by atoms with Crippen LogP contribution in [0.1, 0.15) is 45.6 Å². The van der Waals surface area contributed by atoms with E-state index in [1.807, 2.05) is 6.07 Å².